The maximum Gasteiger partial charge on any atom is 0.00697 e. The van der Waals surface area contributed by atoms with Crippen molar-refractivity contribution >= 4 is 0 Å². The molecular weight excluding hydrogens is 242 g/mol. The van der Waals surface area contributed by atoms with Crippen molar-refractivity contribution in [2.45, 2.75) is 91.1 Å². The van der Waals surface area contributed by atoms with Gasteiger partial charge in [-0.05, 0) is 77.7 Å². The van der Waals surface area contributed by atoms with Crippen LogP contribution in [0, 0.1) is 11.8 Å². The van der Waals surface area contributed by atoms with Gasteiger partial charge in [-0.15, -0.1) is 0 Å². The van der Waals surface area contributed by atoms with Gasteiger partial charge in [0.25, 0.3) is 0 Å². The van der Waals surface area contributed by atoms with Crippen molar-refractivity contribution in [1.29, 1.82) is 0 Å². The van der Waals surface area contributed by atoms with Gasteiger partial charge in [-0.25, -0.2) is 0 Å². The van der Waals surface area contributed by atoms with Crippen LogP contribution in [0.4, 0.5) is 0 Å². The highest BCUT2D eigenvalue weighted by Gasteiger charge is 2.24. The van der Waals surface area contributed by atoms with Gasteiger partial charge in [0.05, 0.1) is 0 Å². The number of rotatable bonds is 5. The van der Waals surface area contributed by atoms with E-state index < -0.39 is 0 Å². The molecule has 0 bridgehead atoms. The van der Waals surface area contributed by atoms with Crippen molar-refractivity contribution in [3.05, 3.63) is 11.6 Å². The molecule has 1 nitrogen and oxygen atoms in total. The predicted molar refractivity (Wildman–Crippen MR) is 89.0 cm³/mol. The van der Waals surface area contributed by atoms with E-state index in [4.69, 9.17) is 0 Å². The first-order valence-electron chi connectivity index (χ1n) is 9.00. The lowest BCUT2D eigenvalue weighted by Crippen LogP contribution is -2.44. The molecule has 1 fully saturated rings. The smallest absolute Gasteiger partial charge is 0.00697 e. The topological polar surface area (TPSA) is 3.24 Å². The lowest BCUT2D eigenvalue weighted by atomic mass is 9.80. The van der Waals surface area contributed by atoms with Crippen molar-refractivity contribution in [1.82, 2.24) is 4.90 Å². The van der Waals surface area contributed by atoms with E-state index in [-0.39, 0.29) is 0 Å². The molecule has 1 saturated heterocycles. The molecule has 116 valence electrons. The first kappa shape index (κ1) is 16.1. The quantitative estimate of drug-likeness (QED) is 0.479. The van der Waals surface area contributed by atoms with Crippen LogP contribution < -0.4 is 0 Å². The van der Waals surface area contributed by atoms with Gasteiger partial charge in [0.15, 0.2) is 0 Å². The van der Waals surface area contributed by atoms with Gasteiger partial charge < -0.3 is 0 Å². The molecule has 1 heteroatoms. The molecular formula is C19H35N. The van der Waals surface area contributed by atoms with Gasteiger partial charge in [-0.2, -0.15) is 0 Å². The van der Waals surface area contributed by atoms with Crippen LogP contribution in [0.15, 0.2) is 11.6 Å². The molecule has 0 radical (unpaired) electrons. The number of allylic oxidation sites excluding steroid dienone is 2. The van der Waals surface area contributed by atoms with Crippen molar-refractivity contribution < 1.29 is 0 Å². The number of piperidine rings is 1. The van der Waals surface area contributed by atoms with E-state index >= 15 is 0 Å². The summed E-state index contributed by atoms with van der Waals surface area (Å²) in [6.45, 7) is 10.9. The van der Waals surface area contributed by atoms with E-state index in [0.717, 1.165) is 23.9 Å². The summed E-state index contributed by atoms with van der Waals surface area (Å²) >= 11 is 0. The Kier molecular flexibility index (Phi) is 6.14. The average molecular weight is 277 g/mol. The summed E-state index contributed by atoms with van der Waals surface area (Å²) in [7, 11) is 0. The number of unbranched alkanes of at least 4 members (excludes halogenated alkanes) is 1. The first-order chi connectivity index (χ1) is 9.58. The highest BCUT2D eigenvalue weighted by molar-refractivity contribution is 5.07. The molecule has 0 unspecified atom stereocenters. The van der Waals surface area contributed by atoms with Crippen LogP contribution in [0.1, 0.15) is 79.1 Å². The zero-order chi connectivity index (χ0) is 14.5. The molecule has 0 saturated carbocycles. The Morgan fingerprint density at radius 1 is 1.10 bits per heavy atom. The zero-order valence-corrected chi connectivity index (χ0v) is 14.2. The minimum atomic E-state index is 0.815. The van der Waals surface area contributed by atoms with Crippen LogP contribution in [0.2, 0.25) is 0 Å². The van der Waals surface area contributed by atoms with E-state index in [1.165, 1.54) is 57.9 Å². The SMILES string of the molecule is CC1=CC[C@@H](C)C[C@H]1CCCCN1[C@H](C)CCC[C@@H]1C. The van der Waals surface area contributed by atoms with Crippen molar-refractivity contribution in [2.24, 2.45) is 11.8 Å². The fourth-order valence-corrected chi connectivity index (χ4v) is 4.27. The van der Waals surface area contributed by atoms with Gasteiger partial charge in [-0.1, -0.05) is 31.4 Å². The molecule has 2 rings (SSSR count). The fraction of sp³-hybridized carbons (Fsp3) is 0.895. The Morgan fingerprint density at radius 3 is 2.50 bits per heavy atom. The Hall–Kier alpha value is -0.300. The molecule has 1 aliphatic heterocycles. The normalized spacial score (nSPS) is 35.9. The first-order valence-corrected chi connectivity index (χ1v) is 9.00. The van der Waals surface area contributed by atoms with E-state index in [1.54, 1.807) is 5.57 Å². The third kappa shape index (κ3) is 4.35. The van der Waals surface area contributed by atoms with Gasteiger partial charge in [-0.3, -0.25) is 4.90 Å². The van der Waals surface area contributed by atoms with E-state index in [1.807, 2.05) is 0 Å². The predicted octanol–water partition coefficient (Wildman–Crippen LogP) is 5.41. The van der Waals surface area contributed by atoms with Gasteiger partial charge in [0, 0.05) is 12.1 Å². The number of hydrogen-bond donors (Lipinski definition) is 0. The van der Waals surface area contributed by atoms with Crippen LogP contribution in [0.3, 0.4) is 0 Å². The maximum atomic E-state index is 2.76. The molecule has 0 aromatic heterocycles. The molecule has 0 aromatic carbocycles. The summed E-state index contributed by atoms with van der Waals surface area (Å²) in [6.07, 6.45) is 13.7. The Balaban J connectivity index is 1.68. The van der Waals surface area contributed by atoms with Crippen molar-refractivity contribution in [2.75, 3.05) is 6.54 Å². The molecule has 2 aliphatic rings. The number of hydrogen-bond acceptors (Lipinski definition) is 1. The summed E-state index contributed by atoms with van der Waals surface area (Å²) < 4.78 is 0. The van der Waals surface area contributed by atoms with Crippen LogP contribution in [0.25, 0.3) is 0 Å². The zero-order valence-electron chi connectivity index (χ0n) is 14.2. The lowest BCUT2D eigenvalue weighted by molar-refractivity contribution is 0.101. The van der Waals surface area contributed by atoms with E-state index in [9.17, 15) is 0 Å². The average Bonchev–Trinajstić information content (AvgIpc) is 2.41. The standard InChI is InChI=1S/C19H35N/c1-15-11-12-16(2)19(14-15)10-5-6-13-20-17(3)8-7-9-18(20)4/h12,15,17-19H,5-11,13-14H2,1-4H3/t15-,17-,18+,19-/m1/s1. The Morgan fingerprint density at radius 2 is 1.80 bits per heavy atom. The van der Waals surface area contributed by atoms with Gasteiger partial charge in [0.1, 0.15) is 0 Å². The monoisotopic (exact) mass is 277 g/mol. The van der Waals surface area contributed by atoms with Crippen LogP contribution in [-0.2, 0) is 0 Å². The molecule has 20 heavy (non-hydrogen) atoms. The summed E-state index contributed by atoms with van der Waals surface area (Å²) in [5.74, 6) is 1.79. The molecule has 0 aromatic rings. The van der Waals surface area contributed by atoms with E-state index in [0.29, 0.717) is 0 Å². The number of likely N-dealkylation sites (tertiary alicyclic amines) is 1. The maximum absolute atomic E-state index is 2.76. The second-order valence-corrected chi connectivity index (χ2v) is 7.58. The summed E-state index contributed by atoms with van der Waals surface area (Å²) in [4.78, 5) is 2.76. The largest absolute Gasteiger partial charge is 0.298 e. The van der Waals surface area contributed by atoms with Crippen LogP contribution in [0.5, 0.6) is 0 Å². The van der Waals surface area contributed by atoms with E-state index in [2.05, 4.69) is 38.7 Å². The summed E-state index contributed by atoms with van der Waals surface area (Å²) in [6, 6.07) is 1.63. The molecule has 4 atom stereocenters. The summed E-state index contributed by atoms with van der Waals surface area (Å²) in [5.41, 5.74) is 1.67. The Bertz CT molecular complexity index is 310. The molecule has 0 amide bonds. The Labute approximate surface area is 126 Å². The molecule has 0 N–H and O–H groups in total. The fourth-order valence-electron chi connectivity index (χ4n) is 4.27. The van der Waals surface area contributed by atoms with Gasteiger partial charge >= 0.3 is 0 Å². The summed E-state index contributed by atoms with van der Waals surface area (Å²) in [5, 5.41) is 0. The van der Waals surface area contributed by atoms with Crippen molar-refractivity contribution in [3.8, 4) is 0 Å². The minimum absolute atomic E-state index is 0.815. The molecule has 1 aliphatic carbocycles. The van der Waals surface area contributed by atoms with Crippen LogP contribution >= 0.6 is 0 Å². The third-order valence-electron chi connectivity index (χ3n) is 5.77. The third-order valence-corrected chi connectivity index (χ3v) is 5.77. The van der Waals surface area contributed by atoms with Gasteiger partial charge in [0.2, 0.25) is 0 Å². The molecule has 0 spiro atoms. The minimum Gasteiger partial charge on any atom is -0.298 e. The second kappa shape index (κ2) is 7.64. The second-order valence-electron chi connectivity index (χ2n) is 7.58. The van der Waals surface area contributed by atoms with Crippen molar-refractivity contribution in [3.63, 3.8) is 0 Å². The highest BCUT2D eigenvalue weighted by Crippen LogP contribution is 2.32. The molecule has 1 heterocycles. The lowest BCUT2D eigenvalue weighted by Gasteiger charge is -2.39. The highest BCUT2D eigenvalue weighted by atomic mass is 15.2. The number of nitrogens with zero attached hydrogens (tertiary/aromatic N) is 1. The van der Waals surface area contributed by atoms with Crippen LogP contribution in [-0.4, -0.2) is 23.5 Å².